The fraction of sp³-hybridized carbons (Fsp3) is 0.333. The summed E-state index contributed by atoms with van der Waals surface area (Å²) in [6.45, 7) is 5.17. The van der Waals surface area contributed by atoms with Crippen molar-refractivity contribution < 1.29 is 19.4 Å². The van der Waals surface area contributed by atoms with E-state index in [2.05, 4.69) is 4.90 Å². The summed E-state index contributed by atoms with van der Waals surface area (Å²) in [6, 6.07) is 14.6. The van der Waals surface area contributed by atoms with E-state index in [1.165, 1.54) is 5.56 Å². The number of ether oxygens (including phenoxy) is 1. The Morgan fingerprint density at radius 1 is 0.963 bits per heavy atom. The molecule has 0 spiro atoms. The third-order valence-corrected chi connectivity index (χ3v) is 4.72. The molecule has 27 heavy (non-hydrogen) atoms. The lowest BCUT2D eigenvalue weighted by Crippen LogP contribution is -2.49. The third-order valence-electron chi connectivity index (χ3n) is 4.72. The van der Waals surface area contributed by atoms with Crippen LogP contribution in [0.1, 0.15) is 22.3 Å². The van der Waals surface area contributed by atoms with Crippen LogP contribution >= 0.6 is 0 Å². The summed E-state index contributed by atoms with van der Waals surface area (Å²) in [5.74, 6) is -0.0455. The number of carboxylic acid groups (broad SMARTS) is 1. The second-order valence-electron chi connectivity index (χ2n) is 6.63. The number of anilines is 1. The summed E-state index contributed by atoms with van der Waals surface area (Å²) in [7, 11) is 0. The molecule has 1 aliphatic rings. The van der Waals surface area contributed by atoms with Gasteiger partial charge >= 0.3 is 5.97 Å². The van der Waals surface area contributed by atoms with E-state index in [1.807, 2.05) is 48.2 Å². The van der Waals surface area contributed by atoms with E-state index in [0.717, 1.165) is 24.5 Å². The Morgan fingerprint density at radius 3 is 2.19 bits per heavy atom. The highest BCUT2D eigenvalue weighted by atomic mass is 16.5. The van der Waals surface area contributed by atoms with Gasteiger partial charge in [-0.05, 0) is 43.3 Å². The minimum Gasteiger partial charge on any atom is -0.493 e. The van der Waals surface area contributed by atoms with Gasteiger partial charge in [0, 0.05) is 31.9 Å². The summed E-state index contributed by atoms with van der Waals surface area (Å²) in [5.41, 5.74) is 2.44. The van der Waals surface area contributed by atoms with Gasteiger partial charge in [0.05, 0.1) is 18.6 Å². The van der Waals surface area contributed by atoms with E-state index in [1.54, 1.807) is 12.1 Å². The minimum atomic E-state index is -0.926. The molecule has 0 atom stereocenters. The monoisotopic (exact) mass is 368 g/mol. The van der Waals surface area contributed by atoms with Crippen LogP contribution in [0.5, 0.6) is 5.75 Å². The number of piperazine rings is 1. The van der Waals surface area contributed by atoms with Gasteiger partial charge in [-0.25, -0.2) is 4.79 Å². The van der Waals surface area contributed by atoms with Crippen molar-refractivity contribution in [2.75, 3.05) is 37.7 Å². The van der Waals surface area contributed by atoms with Crippen molar-refractivity contribution in [3.8, 4) is 5.75 Å². The SMILES string of the molecule is Cc1ccc(OCCC(=O)N2CCN(c3ccc(C(=O)O)cc3)CC2)cc1. The van der Waals surface area contributed by atoms with Crippen molar-refractivity contribution in [1.29, 1.82) is 0 Å². The van der Waals surface area contributed by atoms with Gasteiger partial charge in [0.2, 0.25) is 5.91 Å². The van der Waals surface area contributed by atoms with Crippen molar-refractivity contribution in [2.24, 2.45) is 0 Å². The highest BCUT2D eigenvalue weighted by molar-refractivity contribution is 5.88. The van der Waals surface area contributed by atoms with E-state index < -0.39 is 5.97 Å². The Kier molecular flexibility index (Phi) is 5.96. The molecule has 0 aromatic heterocycles. The van der Waals surface area contributed by atoms with Crippen LogP contribution in [0, 0.1) is 6.92 Å². The maximum Gasteiger partial charge on any atom is 0.335 e. The molecule has 0 unspecified atom stereocenters. The number of carboxylic acids is 1. The zero-order chi connectivity index (χ0) is 19.2. The predicted molar refractivity (Wildman–Crippen MR) is 103 cm³/mol. The fourth-order valence-electron chi connectivity index (χ4n) is 3.08. The van der Waals surface area contributed by atoms with Gasteiger partial charge in [0.25, 0.3) is 0 Å². The van der Waals surface area contributed by atoms with Crippen molar-refractivity contribution in [1.82, 2.24) is 4.90 Å². The Labute approximate surface area is 159 Å². The highest BCUT2D eigenvalue weighted by Crippen LogP contribution is 2.18. The van der Waals surface area contributed by atoms with Gasteiger partial charge < -0.3 is 19.6 Å². The minimum absolute atomic E-state index is 0.1000. The molecule has 1 heterocycles. The van der Waals surface area contributed by atoms with Crippen LogP contribution in [0.2, 0.25) is 0 Å². The van der Waals surface area contributed by atoms with E-state index in [0.29, 0.717) is 26.1 Å². The number of amides is 1. The van der Waals surface area contributed by atoms with E-state index in [-0.39, 0.29) is 11.5 Å². The average molecular weight is 368 g/mol. The van der Waals surface area contributed by atoms with Crippen LogP contribution < -0.4 is 9.64 Å². The van der Waals surface area contributed by atoms with Crippen LogP contribution in [0.15, 0.2) is 48.5 Å². The van der Waals surface area contributed by atoms with E-state index in [9.17, 15) is 9.59 Å². The van der Waals surface area contributed by atoms with Crippen molar-refractivity contribution in [3.63, 3.8) is 0 Å². The van der Waals surface area contributed by atoms with Crippen molar-refractivity contribution in [2.45, 2.75) is 13.3 Å². The van der Waals surface area contributed by atoms with Crippen LogP contribution in [-0.4, -0.2) is 54.7 Å². The molecule has 1 N–H and O–H groups in total. The number of hydrogen-bond acceptors (Lipinski definition) is 4. The first kappa shape index (κ1) is 18.8. The number of hydrogen-bond donors (Lipinski definition) is 1. The molecular weight excluding hydrogens is 344 g/mol. The summed E-state index contributed by atoms with van der Waals surface area (Å²) < 4.78 is 5.64. The maximum atomic E-state index is 12.4. The first-order valence-electron chi connectivity index (χ1n) is 9.08. The molecule has 2 aromatic carbocycles. The average Bonchev–Trinajstić information content (AvgIpc) is 2.69. The normalized spacial score (nSPS) is 14.1. The Balaban J connectivity index is 1.43. The summed E-state index contributed by atoms with van der Waals surface area (Å²) >= 11 is 0. The molecule has 1 saturated heterocycles. The number of aromatic carboxylic acids is 1. The first-order chi connectivity index (χ1) is 13.0. The lowest BCUT2D eigenvalue weighted by Gasteiger charge is -2.36. The predicted octanol–water partition coefficient (Wildman–Crippen LogP) is 2.81. The Bertz CT molecular complexity index is 779. The zero-order valence-electron chi connectivity index (χ0n) is 15.4. The fourth-order valence-corrected chi connectivity index (χ4v) is 3.08. The number of carbonyl (C=O) groups excluding carboxylic acids is 1. The van der Waals surface area contributed by atoms with Crippen LogP contribution in [0.4, 0.5) is 5.69 Å². The van der Waals surface area contributed by atoms with Crippen molar-refractivity contribution in [3.05, 3.63) is 59.7 Å². The van der Waals surface area contributed by atoms with E-state index >= 15 is 0 Å². The Hall–Kier alpha value is -3.02. The lowest BCUT2D eigenvalue weighted by molar-refractivity contribution is -0.132. The first-order valence-corrected chi connectivity index (χ1v) is 9.08. The molecule has 0 saturated carbocycles. The van der Waals surface area contributed by atoms with Gasteiger partial charge in [0.1, 0.15) is 5.75 Å². The molecule has 1 aliphatic heterocycles. The van der Waals surface area contributed by atoms with Gasteiger partial charge in [0.15, 0.2) is 0 Å². The molecular formula is C21H24N2O4. The molecule has 6 heteroatoms. The largest absolute Gasteiger partial charge is 0.493 e. The smallest absolute Gasteiger partial charge is 0.335 e. The second kappa shape index (κ2) is 8.58. The number of benzene rings is 2. The van der Waals surface area contributed by atoms with Crippen LogP contribution in [0.25, 0.3) is 0 Å². The second-order valence-corrected chi connectivity index (χ2v) is 6.63. The van der Waals surface area contributed by atoms with Crippen LogP contribution in [0.3, 0.4) is 0 Å². The molecule has 2 aromatic rings. The standard InChI is InChI=1S/C21H24N2O4/c1-16-2-8-19(9-3-16)27-15-10-20(24)23-13-11-22(12-14-23)18-6-4-17(5-7-18)21(25)26/h2-9H,10-15H2,1H3,(H,25,26). The number of nitrogens with zero attached hydrogens (tertiary/aromatic N) is 2. The Morgan fingerprint density at radius 2 is 1.59 bits per heavy atom. The molecule has 1 fully saturated rings. The number of carbonyl (C=O) groups is 2. The molecule has 6 nitrogen and oxygen atoms in total. The summed E-state index contributed by atoms with van der Waals surface area (Å²) in [5, 5.41) is 8.97. The quantitative estimate of drug-likeness (QED) is 0.849. The van der Waals surface area contributed by atoms with Crippen molar-refractivity contribution >= 4 is 17.6 Å². The summed E-state index contributed by atoms with van der Waals surface area (Å²) in [4.78, 5) is 27.3. The third kappa shape index (κ3) is 5.00. The van der Waals surface area contributed by atoms with Gasteiger partial charge in [-0.2, -0.15) is 0 Å². The van der Waals surface area contributed by atoms with Gasteiger partial charge in [-0.1, -0.05) is 17.7 Å². The molecule has 3 rings (SSSR count). The topological polar surface area (TPSA) is 70.1 Å². The molecule has 1 amide bonds. The number of rotatable bonds is 6. The number of aryl methyl sites for hydroxylation is 1. The van der Waals surface area contributed by atoms with Crippen LogP contribution in [-0.2, 0) is 4.79 Å². The molecule has 0 radical (unpaired) electrons. The zero-order valence-corrected chi connectivity index (χ0v) is 15.4. The molecule has 142 valence electrons. The molecule has 0 aliphatic carbocycles. The summed E-state index contributed by atoms with van der Waals surface area (Å²) in [6.07, 6.45) is 0.362. The maximum absolute atomic E-state index is 12.4. The lowest BCUT2D eigenvalue weighted by atomic mass is 10.2. The molecule has 0 bridgehead atoms. The van der Waals surface area contributed by atoms with Gasteiger partial charge in [-0.3, -0.25) is 4.79 Å². The highest BCUT2D eigenvalue weighted by Gasteiger charge is 2.21. The van der Waals surface area contributed by atoms with Gasteiger partial charge in [-0.15, -0.1) is 0 Å². The van der Waals surface area contributed by atoms with E-state index in [4.69, 9.17) is 9.84 Å².